The lowest BCUT2D eigenvalue weighted by Gasteiger charge is -2.46. The fourth-order valence-electron chi connectivity index (χ4n) is 3.02. The van der Waals surface area contributed by atoms with Gasteiger partial charge in [0.1, 0.15) is 0 Å². The molecule has 1 heterocycles. The van der Waals surface area contributed by atoms with Crippen LogP contribution in [-0.4, -0.2) is 42.7 Å². The Kier molecular flexibility index (Phi) is 6.45. The molecule has 1 aliphatic rings. The Balaban J connectivity index is 2.44. The first-order valence-corrected chi connectivity index (χ1v) is 7.41. The van der Waals surface area contributed by atoms with Crippen LogP contribution in [0.5, 0.6) is 0 Å². The number of likely N-dealkylation sites (tertiary alicyclic amines) is 1. The highest BCUT2D eigenvalue weighted by atomic mass is 15.2. The van der Waals surface area contributed by atoms with Gasteiger partial charge in [-0.15, -0.1) is 0 Å². The van der Waals surface area contributed by atoms with E-state index in [1.807, 2.05) is 0 Å². The molecule has 1 saturated heterocycles. The molecule has 0 atom stereocenters. The van der Waals surface area contributed by atoms with Crippen molar-refractivity contribution in [2.24, 2.45) is 5.73 Å². The van der Waals surface area contributed by atoms with Crippen LogP contribution in [0.2, 0.25) is 0 Å². The number of hydrogen-bond acceptors (Lipinski definition) is 3. The van der Waals surface area contributed by atoms with Gasteiger partial charge in [0.2, 0.25) is 0 Å². The highest BCUT2D eigenvalue weighted by molar-refractivity contribution is 4.92. The molecule has 102 valence electrons. The van der Waals surface area contributed by atoms with Crippen molar-refractivity contribution in [3.05, 3.63) is 0 Å². The van der Waals surface area contributed by atoms with Crippen molar-refractivity contribution >= 4 is 0 Å². The summed E-state index contributed by atoms with van der Waals surface area (Å²) in [6, 6.07) is 0.732. The Morgan fingerprint density at radius 2 is 1.76 bits per heavy atom. The first-order valence-electron chi connectivity index (χ1n) is 7.41. The van der Waals surface area contributed by atoms with E-state index in [9.17, 15) is 0 Å². The largest absolute Gasteiger partial charge is 0.329 e. The second-order valence-electron chi connectivity index (χ2n) is 5.35. The van der Waals surface area contributed by atoms with Gasteiger partial charge in [0.05, 0.1) is 0 Å². The van der Waals surface area contributed by atoms with Crippen molar-refractivity contribution in [2.75, 3.05) is 26.2 Å². The summed E-state index contributed by atoms with van der Waals surface area (Å²) in [4.78, 5) is 2.64. The van der Waals surface area contributed by atoms with E-state index in [1.54, 1.807) is 0 Å². The third-order valence-corrected chi connectivity index (χ3v) is 4.54. The molecule has 0 aliphatic carbocycles. The Labute approximate surface area is 107 Å². The smallest absolute Gasteiger partial charge is 0.0326 e. The Hall–Kier alpha value is -0.120. The summed E-state index contributed by atoms with van der Waals surface area (Å²) in [5.41, 5.74) is 6.28. The zero-order valence-electron chi connectivity index (χ0n) is 12.0. The second-order valence-corrected chi connectivity index (χ2v) is 5.35. The van der Waals surface area contributed by atoms with E-state index in [1.165, 1.54) is 45.2 Å². The van der Waals surface area contributed by atoms with Gasteiger partial charge in [0.25, 0.3) is 0 Å². The molecule has 0 amide bonds. The van der Waals surface area contributed by atoms with Gasteiger partial charge in [-0.05, 0) is 38.6 Å². The highest BCUT2D eigenvalue weighted by Crippen LogP contribution is 2.26. The van der Waals surface area contributed by atoms with Crippen LogP contribution in [0.4, 0.5) is 0 Å². The molecule has 0 aromatic rings. The molecule has 0 radical (unpaired) electrons. The number of nitrogens with one attached hydrogen (secondary N) is 1. The van der Waals surface area contributed by atoms with Crippen LogP contribution in [0, 0.1) is 0 Å². The molecular formula is C14H31N3. The quantitative estimate of drug-likeness (QED) is 0.716. The van der Waals surface area contributed by atoms with E-state index in [0.29, 0.717) is 0 Å². The van der Waals surface area contributed by atoms with E-state index in [0.717, 1.165) is 19.1 Å². The average molecular weight is 241 g/mol. The molecule has 0 aromatic carbocycles. The highest BCUT2D eigenvalue weighted by Gasteiger charge is 2.34. The maximum absolute atomic E-state index is 6.02. The summed E-state index contributed by atoms with van der Waals surface area (Å²) >= 11 is 0. The lowest BCUT2D eigenvalue weighted by molar-refractivity contribution is 0.0550. The van der Waals surface area contributed by atoms with Crippen molar-refractivity contribution in [3.8, 4) is 0 Å². The Morgan fingerprint density at radius 1 is 1.18 bits per heavy atom. The van der Waals surface area contributed by atoms with Crippen molar-refractivity contribution in [1.82, 2.24) is 10.2 Å². The Bertz CT molecular complexity index is 185. The minimum Gasteiger partial charge on any atom is -0.329 e. The monoisotopic (exact) mass is 241 g/mol. The number of nitrogens with two attached hydrogens (primary N) is 1. The van der Waals surface area contributed by atoms with E-state index in [2.05, 4.69) is 31.0 Å². The van der Waals surface area contributed by atoms with E-state index in [4.69, 9.17) is 5.73 Å². The molecule has 1 fully saturated rings. The third kappa shape index (κ3) is 3.67. The predicted molar refractivity (Wildman–Crippen MR) is 75.3 cm³/mol. The zero-order valence-corrected chi connectivity index (χ0v) is 12.0. The summed E-state index contributed by atoms with van der Waals surface area (Å²) in [7, 11) is 0. The van der Waals surface area contributed by atoms with Crippen LogP contribution in [0.15, 0.2) is 0 Å². The van der Waals surface area contributed by atoms with Crippen molar-refractivity contribution in [3.63, 3.8) is 0 Å². The van der Waals surface area contributed by atoms with Crippen LogP contribution in [-0.2, 0) is 0 Å². The van der Waals surface area contributed by atoms with Gasteiger partial charge >= 0.3 is 0 Å². The molecule has 0 aromatic heterocycles. The van der Waals surface area contributed by atoms with Crippen LogP contribution in [0.1, 0.15) is 52.9 Å². The molecule has 3 heteroatoms. The van der Waals surface area contributed by atoms with Crippen LogP contribution in [0.25, 0.3) is 0 Å². The van der Waals surface area contributed by atoms with Crippen LogP contribution < -0.4 is 11.1 Å². The average Bonchev–Trinajstić information content (AvgIpc) is 2.40. The van der Waals surface area contributed by atoms with Gasteiger partial charge in [0.15, 0.2) is 0 Å². The first-order chi connectivity index (χ1) is 8.22. The van der Waals surface area contributed by atoms with Gasteiger partial charge in [0, 0.05) is 31.2 Å². The van der Waals surface area contributed by atoms with E-state index >= 15 is 0 Å². The topological polar surface area (TPSA) is 41.3 Å². The van der Waals surface area contributed by atoms with Crippen molar-refractivity contribution in [2.45, 2.75) is 64.5 Å². The SMILES string of the molecule is CCCNC1CCN(C(CC)(CC)CN)CC1. The summed E-state index contributed by atoms with van der Waals surface area (Å²) in [5.74, 6) is 0. The number of rotatable bonds is 7. The zero-order chi connectivity index (χ0) is 12.7. The first kappa shape index (κ1) is 14.9. The van der Waals surface area contributed by atoms with Crippen molar-refractivity contribution < 1.29 is 0 Å². The predicted octanol–water partition coefficient (Wildman–Crippen LogP) is 1.97. The normalized spacial score (nSPS) is 19.8. The second kappa shape index (κ2) is 7.34. The van der Waals surface area contributed by atoms with E-state index < -0.39 is 0 Å². The molecule has 0 saturated carbocycles. The molecule has 17 heavy (non-hydrogen) atoms. The molecule has 0 unspecified atom stereocenters. The van der Waals surface area contributed by atoms with Crippen molar-refractivity contribution in [1.29, 1.82) is 0 Å². The summed E-state index contributed by atoms with van der Waals surface area (Å²) in [5, 5.41) is 3.64. The lowest BCUT2D eigenvalue weighted by atomic mass is 9.88. The standard InChI is InChI=1S/C14H31N3/c1-4-9-16-13-7-10-17(11-8-13)14(5-2,6-3)12-15/h13,16H,4-12,15H2,1-3H3. The minimum atomic E-state index is 0.260. The van der Waals surface area contributed by atoms with Gasteiger partial charge in [-0.1, -0.05) is 20.8 Å². The molecule has 0 spiro atoms. The summed E-state index contributed by atoms with van der Waals surface area (Å²) < 4.78 is 0. The molecule has 0 bridgehead atoms. The molecule has 1 aliphatic heterocycles. The summed E-state index contributed by atoms with van der Waals surface area (Å²) in [6.45, 7) is 11.2. The van der Waals surface area contributed by atoms with Gasteiger partial charge in [-0.25, -0.2) is 0 Å². The minimum absolute atomic E-state index is 0.260. The van der Waals surface area contributed by atoms with E-state index in [-0.39, 0.29) is 5.54 Å². The fourth-order valence-corrected chi connectivity index (χ4v) is 3.02. The molecule has 3 nitrogen and oxygen atoms in total. The van der Waals surface area contributed by atoms with Gasteiger partial charge < -0.3 is 11.1 Å². The maximum atomic E-state index is 6.02. The Morgan fingerprint density at radius 3 is 2.18 bits per heavy atom. The van der Waals surface area contributed by atoms with Crippen LogP contribution in [0.3, 0.4) is 0 Å². The van der Waals surface area contributed by atoms with Crippen LogP contribution >= 0.6 is 0 Å². The number of piperidine rings is 1. The van der Waals surface area contributed by atoms with Gasteiger partial charge in [-0.2, -0.15) is 0 Å². The molecule has 3 N–H and O–H groups in total. The number of nitrogens with zero attached hydrogens (tertiary/aromatic N) is 1. The third-order valence-electron chi connectivity index (χ3n) is 4.54. The number of hydrogen-bond donors (Lipinski definition) is 2. The maximum Gasteiger partial charge on any atom is 0.0326 e. The lowest BCUT2D eigenvalue weighted by Crippen LogP contribution is -2.57. The fraction of sp³-hybridized carbons (Fsp3) is 1.00. The summed E-state index contributed by atoms with van der Waals surface area (Å²) in [6.07, 6.45) is 6.14. The van der Waals surface area contributed by atoms with Gasteiger partial charge in [-0.3, -0.25) is 4.90 Å². The molecular weight excluding hydrogens is 210 g/mol. The molecule has 1 rings (SSSR count).